The van der Waals surface area contributed by atoms with Gasteiger partial charge in [-0.25, -0.2) is 0 Å². The molecule has 0 spiro atoms. The molecule has 0 aliphatic rings. The molecule has 0 N–H and O–H groups in total. The molecule has 0 aliphatic heterocycles. The molecule has 4 aromatic heterocycles. The van der Waals surface area contributed by atoms with Crippen molar-refractivity contribution in [1.82, 2.24) is 18.3 Å². The highest BCUT2D eigenvalue weighted by Crippen LogP contribution is 2.41. The molecule has 0 saturated carbocycles. The van der Waals surface area contributed by atoms with Crippen molar-refractivity contribution in [2.75, 3.05) is 0 Å². The van der Waals surface area contributed by atoms with Gasteiger partial charge < -0.3 is 18.3 Å². The zero-order valence-corrected chi connectivity index (χ0v) is 48.1. The third-order valence-electron chi connectivity index (χ3n) is 17.8. The van der Waals surface area contributed by atoms with Gasteiger partial charge in [0.05, 0.1) is 44.1 Å². The fourth-order valence-corrected chi connectivity index (χ4v) is 13.8. The maximum Gasteiger partial charge on any atom is 0.0541 e. The summed E-state index contributed by atoms with van der Waals surface area (Å²) in [6.07, 6.45) is 0. The van der Waals surface area contributed by atoms with Crippen LogP contribution in [0, 0.1) is 0 Å². The van der Waals surface area contributed by atoms with Gasteiger partial charge in [0.2, 0.25) is 0 Å². The van der Waals surface area contributed by atoms with Crippen LogP contribution in [0.4, 0.5) is 0 Å². The first kappa shape index (κ1) is 50.8. The van der Waals surface area contributed by atoms with E-state index < -0.39 is 0 Å². The quantitative estimate of drug-likeness (QED) is 0.144. The van der Waals surface area contributed by atoms with Crippen LogP contribution in [-0.2, 0) is 0 Å². The van der Waals surface area contributed by atoms with Crippen molar-refractivity contribution in [1.29, 1.82) is 0 Å². The summed E-state index contributed by atoms with van der Waals surface area (Å²) in [5, 5.41) is 10.2. The number of para-hydroxylation sites is 8. The van der Waals surface area contributed by atoms with E-state index in [-0.39, 0.29) is 0 Å². The van der Waals surface area contributed by atoms with Gasteiger partial charge in [-0.3, -0.25) is 0 Å². The minimum Gasteiger partial charge on any atom is -0.309 e. The fraction of sp³-hybridized carbons (Fsp3) is 0. The summed E-state index contributed by atoms with van der Waals surface area (Å²) < 4.78 is 9.46. The minimum atomic E-state index is 1.18. The van der Waals surface area contributed by atoms with Gasteiger partial charge in [0.1, 0.15) is 0 Å². The van der Waals surface area contributed by atoms with Crippen LogP contribution in [0.2, 0.25) is 0 Å². The molecular formula is C84H56N4. The van der Waals surface area contributed by atoms with E-state index in [9.17, 15) is 0 Å². The second-order valence-electron chi connectivity index (χ2n) is 22.8. The molecule has 0 saturated heterocycles. The van der Waals surface area contributed by atoms with Gasteiger partial charge >= 0.3 is 0 Å². The Bertz CT molecular complexity index is 5300. The Morgan fingerprint density at radius 3 is 0.602 bits per heavy atom. The largest absolute Gasteiger partial charge is 0.309 e. The van der Waals surface area contributed by atoms with Gasteiger partial charge in [-0.1, -0.05) is 212 Å². The number of nitrogens with zero attached hydrogens (tertiary/aromatic N) is 4. The van der Waals surface area contributed by atoms with Gasteiger partial charge in [-0.15, -0.1) is 0 Å². The van der Waals surface area contributed by atoms with E-state index in [1.54, 1.807) is 0 Å². The van der Waals surface area contributed by atoms with Crippen LogP contribution >= 0.6 is 0 Å². The van der Waals surface area contributed by atoms with E-state index in [0.717, 1.165) is 0 Å². The van der Waals surface area contributed by atoms with Crippen molar-refractivity contribution >= 4 is 87.2 Å². The SMILES string of the molecule is c1ccc(-n2c3ccccc3c3cc(-c4ccc(-c5ccc6c(c5)c5ccccc5n6-c5ccccc5)cc4)ccc32)cc1.c1ccc(-n2c3ccccc3c3cc(-c4cccc(-c5ccc6c(c5)c5ccccc5n6-c5ccccc5)c4)ccc32)cc1. The zero-order valence-electron chi connectivity index (χ0n) is 48.1. The average Bonchev–Trinajstić information content (AvgIpc) is 1.99. The lowest BCUT2D eigenvalue weighted by atomic mass is 9.97. The summed E-state index contributed by atoms with van der Waals surface area (Å²) in [5.74, 6) is 0. The molecule has 412 valence electrons. The summed E-state index contributed by atoms with van der Waals surface area (Å²) in [6.45, 7) is 0. The average molecular weight is 1120 g/mol. The Kier molecular flexibility index (Phi) is 12.2. The summed E-state index contributed by atoms with van der Waals surface area (Å²) >= 11 is 0. The number of hydrogen-bond donors (Lipinski definition) is 0. The van der Waals surface area contributed by atoms with E-state index in [0.29, 0.717) is 0 Å². The van der Waals surface area contributed by atoms with Crippen molar-refractivity contribution in [3.05, 3.63) is 340 Å². The number of aromatic nitrogens is 4. The van der Waals surface area contributed by atoms with E-state index in [1.807, 2.05) is 0 Å². The van der Waals surface area contributed by atoms with Gasteiger partial charge in [-0.05, 0) is 172 Å². The number of rotatable bonds is 8. The van der Waals surface area contributed by atoms with E-state index in [4.69, 9.17) is 0 Å². The summed E-state index contributed by atoms with van der Waals surface area (Å²) in [7, 11) is 0. The molecule has 4 nitrogen and oxygen atoms in total. The molecule has 18 rings (SSSR count). The Balaban J connectivity index is 0.000000137. The molecule has 0 amide bonds. The predicted octanol–water partition coefficient (Wildman–Crippen LogP) is 22.4. The minimum absolute atomic E-state index is 1.18. The maximum absolute atomic E-state index is 2.37. The molecule has 18 aromatic rings. The standard InChI is InChI=1S/2C42H28N2/c1-3-14-33(15-4-1)43-39-20-9-7-18-35(39)37-27-31(22-24-41(37)43)29-12-11-13-30(26-29)32-23-25-42-38(28-32)36-19-8-10-21-40(36)44(42)34-16-5-2-6-17-34;1-3-11-33(12-4-1)43-39-17-9-7-15-35(39)37-27-31(23-25-41(37)43)29-19-21-30(22-20-29)32-24-26-42-38(28-32)36-16-8-10-18-40(36)44(42)34-13-5-2-6-14-34/h2*1-28H. The van der Waals surface area contributed by atoms with Crippen LogP contribution in [0.3, 0.4) is 0 Å². The lowest BCUT2D eigenvalue weighted by Crippen LogP contribution is -1.93. The number of benzene rings is 14. The first-order chi connectivity index (χ1) is 43.7. The van der Waals surface area contributed by atoms with Crippen LogP contribution < -0.4 is 0 Å². The van der Waals surface area contributed by atoms with Crippen molar-refractivity contribution < 1.29 is 0 Å². The van der Waals surface area contributed by atoms with Crippen LogP contribution in [0.1, 0.15) is 0 Å². The molecule has 14 aromatic carbocycles. The van der Waals surface area contributed by atoms with Gasteiger partial charge in [0.15, 0.2) is 0 Å². The number of hydrogen-bond acceptors (Lipinski definition) is 0. The first-order valence-corrected chi connectivity index (χ1v) is 30.2. The molecule has 0 radical (unpaired) electrons. The second-order valence-corrected chi connectivity index (χ2v) is 22.8. The maximum atomic E-state index is 2.37. The van der Waals surface area contributed by atoms with Gasteiger partial charge in [-0.2, -0.15) is 0 Å². The van der Waals surface area contributed by atoms with Gasteiger partial charge in [0.25, 0.3) is 0 Å². The van der Waals surface area contributed by atoms with Crippen LogP contribution in [-0.4, -0.2) is 18.3 Å². The molecule has 4 heteroatoms. The molecular weight excluding hydrogens is 1060 g/mol. The molecule has 0 atom stereocenters. The molecule has 0 aliphatic carbocycles. The van der Waals surface area contributed by atoms with Crippen LogP contribution in [0.15, 0.2) is 340 Å². The molecule has 0 fully saturated rings. The fourth-order valence-electron chi connectivity index (χ4n) is 13.8. The van der Waals surface area contributed by atoms with Crippen molar-refractivity contribution in [3.63, 3.8) is 0 Å². The van der Waals surface area contributed by atoms with E-state index in [1.165, 1.54) is 154 Å². The van der Waals surface area contributed by atoms with Crippen LogP contribution in [0.25, 0.3) is 154 Å². The number of fused-ring (bicyclic) bond motifs is 12. The molecule has 88 heavy (non-hydrogen) atoms. The van der Waals surface area contributed by atoms with Crippen molar-refractivity contribution in [2.45, 2.75) is 0 Å². The molecule has 4 heterocycles. The summed E-state index contributed by atoms with van der Waals surface area (Å²) in [4.78, 5) is 0. The highest BCUT2D eigenvalue weighted by molar-refractivity contribution is 6.14. The zero-order chi connectivity index (χ0) is 58.1. The highest BCUT2D eigenvalue weighted by atomic mass is 15.0. The van der Waals surface area contributed by atoms with Crippen LogP contribution in [0.5, 0.6) is 0 Å². The van der Waals surface area contributed by atoms with Crippen molar-refractivity contribution in [2.24, 2.45) is 0 Å². The third kappa shape index (κ3) is 8.53. The Hall–Kier alpha value is -11.7. The molecule has 0 unspecified atom stereocenters. The molecule has 0 bridgehead atoms. The lowest BCUT2D eigenvalue weighted by molar-refractivity contribution is 1.18. The Morgan fingerprint density at radius 2 is 0.330 bits per heavy atom. The van der Waals surface area contributed by atoms with Gasteiger partial charge in [0, 0.05) is 65.8 Å². The second kappa shape index (κ2) is 21.1. The monoisotopic (exact) mass is 1120 g/mol. The smallest absolute Gasteiger partial charge is 0.0541 e. The highest BCUT2D eigenvalue weighted by Gasteiger charge is 2.18. The third-order valence-corrected chi connectivity index (χ3v) is 17.8. The topological polar surface area (TPSA) is 19.7 Å². The van der Waals surface area contributed by atoms with E-state index in [2.05, 4.69) is 358 Å². The summed E-state index contributed by atoms with van der Waals surface area (Å²) in [5.41, 5.74) is 24.3. The normalized spacial score (nSPS) is 11.6. The van der Waals surface area contributed by atoms with E-state index >= 15 is 0 Å². The predicted molar refractivity (Wildman–Crippen MR) is 372 cm³/mol. The Morgan fingerprint density at radius 1 is 0.125 bits per heavy atom. The Labute approximate surface area is 509 Å². The van der Waals surface area contributed by atoms with Crippen molar-refractivity contribution in [3.8, 4) is 67.3 Å². The summed E-state index contributed by atoms with van der Waals surface area (Å²) in [6, 6.07) is 123. The first-order valence-electron chi connectivity index (χ1n) is 30.2. The lowest BCUT2D eigenvalue weighted by Gasteiger charge is -2.10.